The molecule has 4 rings (SSSR count). The van der Waals surface area contributed by atoms with Gasteiger partial charge in [-0.3, -0.25) is 0 Å². The van der Waals surface area contributed by atoms with Crippen LogP contribution in [0, 0.1) is 5.92 Å². The van der Waals surface area contributed by atoms with E-state index >= 15 is 0 Å². The second-order valence-corrected chi connectivity index (χ2v) is 6.07. The van der Waals surface area contributed by atoms with Gasteiger partial charge in [-0.25, -0.2) is 0 Å². The third kappa shape index (κ3) is 1.61. The Morgan fingerprint density at radius 2 is 1.55 bits per heavy atom. The molecule has 0 unspecified atom stereocenters. The van der Waals surface area contributed by atoms with Gasteiger partial charge in [0.2, 0.25) is 0 Å². The monoisotopic (exact) mass is 258 g/mol. The number of allylic oxidation sites excluding steroid dienone is 2. The van der Waals surface area contributed by atoms with Crippen LogP contribution >= 0.6 is 0 Å². The smallest absolute Gasteiger partial charge is 0.00299 e. The standard InChI is InChI=1S/C20H18/c1-13(2)17-10-8-16-7-6-14-4-3-5-15-9-11-18(12-17)20(16)19(14)15/h3-11,13H,12H2,1-2H3. The molecule has 0 amide bonds. The maximum atomic E-state index is 2.32. The van der Waals surface area contributed by atoms with Crippen molar-refractivity contribution in [1.29, 1.82) is 0 Å². The zero-order chi connectivity index (χ0) is 13.7. The molecule has 98 valence electrons. The van der Waals surface area contributed by atoms with Crippen LogP contribution in [0.1, 0.15) is 19.4 Å². The van der Waals surface area contributed by atoms with Crippen LogP contribution in [-0.4, -0.2) is 0 Å². The first kappa shape index (κ1) is 11.7. The van der Waals surface area contributed by atoms with Crippen LogP contribution in [0.2, 0.25) is 0 Å². The fraction of sp³-hybridized carbons (Fsp3) is 0.200. The maximum Gasteiger partial charge on any atom is -0.00299 e. The summed E-state index contributed by atoms with van der Waals surface area (Å²) in [6.45, 7) is 4.57. The topological polar surface area (TPSA) is 0 Å². The summed E-state index contributed by atoms with van der Waals surface area (Å²) in [5.74, 6) is 0.606. The molecule has 0 radical (unpaired) electrons. The lowest BCUT2D eigenvalue weighted by molar-refractivity contribution is 0.744. The molecule has 0 saturated carbocycles. The highest BCUT2D eigenvalue weighted by atomic mass is 14.2. The molecule has 0 fully saturated rings. The van der Waals surface area contributed by atoms with E-state index in [-0.39, 0.29) is 0 Å². The summed E-state index contributed by atoms with van der Waals surface area (Å²) in [6.07, 6.45) is 5.70. The van der Waals surface area contributed by atoms with Crippen LogP contribution in [0.3, 0.4) is 0 Å². The van der Waals surface area contributed by atoms with Crippen molar-refractivity contribution >= 4 is 27.6 Å². The molecule has 0 bridgehead atoms. The lowest BCUT2D eigenvalue weighted by Crippen LogP contribution is -2.04. The van der Waals surface area contributed by atoms with Crippen molar-refractivity contribution in [3.63, 3.8) is 0 Å². The average molecular weight is 258 g/mol. The Morgan fingerprint density at radius 1 is 0.800 bits per heavy atom. The molecular formula is C20H18. The highest BCUT2D eigenvalue weighted by Gasteiger charge is 2.13. The Morgan fingerprint density at radius 3 is 2.30 bits per heavy atom. The van der Waals surface area contributed by atoms with Gasteiger partial charge in [0.25, 0.3) is 0 Å². The van der Waals surface area contributed by atoms with Gasteiger partial charge < -0.3 is 0 Å². The summed E-state index contributed by atoms with van der Waals surface area (Å²) in [6, 6.07) is 15.7. The number of benzene rings is 3. The van der Waals surface area contributed by atoms with E-state index in [4.69, 9.17) is 0 Å². The Bertz CT molecular complexity index is 879. The molecule has 0 heteroatoms. The zero-order valence-corrected chi connectivity index (χ0v) is 12.0. The van der Waals surface area contributed by atoms with Crippen molar-refractivity contribution < 1.29 is 0 Å². The van der Waals surface area contributed by atoms with E-state index < -0.39 is 0 Å². The Kier molecular flexibility index (Phi) is 2.47. The van der Waals surface area contributed by atoms with E-state index in [1.165, 1.54) is 37.9 Å². The minimum Gasteiger partial charge on any atom is -0.0632 e. The first-order valence-electron chi connectivity index (χ1n) is 7.38. The fourth-order valence-electron chi connectivity index (χ4n) is 3.34. The summed E-state index contributed by atoms with van der Waals surface area (Å²) in [5, 5.41) is 6.94. The largest absolute Gasteiger partial charge is 0.0632 e. The minimum atomic E-state index is 0.606. The lowest BCUT2D eigenvalue weighted by atomic mass is 9.91. The molecule has 0 aliphatic heterocycles. The van der Waals surface area contributed by atoms with Gasteiger partial charge in [-0.05, 0) is 44.7 Å². The molecule has 0 aromatic heterocycles. The molecule has 20 heavy (non-hydrogen) atoms. The van der Waals surface area contributed by atoms with Gasteiger partial charge in [0, 0.05) is 0 Å². The Labute approximate surface area is 119 Å². The van der Waals surface area contributed by atoms with E-state index in [1.807, 2.05) is 0 Å². The summed E-state index contributed by atoms with van der Waals surface area (Å²) in [4.78, 5) is 0. The van der Waals surface area contributed by atoms with Crippen molar-refractivity contribution in [3.05, 3.63) is 64.9 Å². The first-order valence-corrected chi connectivity index (χ1v) is 7.38. The molecule has 3 aromatic carbocycles. The Balaban J connectivity index is 2.16. The minimum absolute atomic E-state index is 0.606. The fourth-order valence-corrected chi connectivity index (χ4v) is 3.34. The van der Waals surface area contributed by atoms with Crippen LogP contribution in [0.15, 0.2) is 54.1 Å². The van der Waals surface area contributed by atoms with Gasteiger partial charge in [0.05, 0.1) is 0 Å². The Hall–Kier alpha value is -2.08. The molecule has 1 aliphatic rings. The van der Waals surface area contributed by atoms with Crippen LogP contribution < -0.4 is 5.22 Å². The summed E-state index contributed by atoms with van der Waals surface area (Å²) >= 11 is 0. The van der Waals surface area contributed by atoms with Gasteiger partial charge in [-0.15, -0.1) is 0 Å². The predicted molar refractivity (Wildman–Crippen MR) is 87.8 cm³/mol. The molecule has 0 heterocycles. The molecule has 0 atom stereocenters. The van der Waals surface area contributed by atoms with E-state index in [0.717, 1.165) is 6.42 Å². The van der Waals surface area contributed by atoms with Crippen LogP contribution in [0.25, 0.3) is 27.6 Å². The third-order valence-corrected chi connectivity index (χ3v) is 4.51. The molecule has 1 aliphatic carbocycles. The highest BCUT2D eigenvalue weighted by Crippen LogP contribution is 2.30. The van der Waals surface area contributed by atoms with Crippen LogP contribution in [0.4, 0.5) is 0 Å². The second kappa shape index (κ2) is 4.21. The molecule has 0 spiro atoms. The quantitative estimate of drug-likeness (QED) is 0.597. The van der Waals surface area contributed by atoms with Crippen LogP contribution in [0.5, 0.6) is 0 Å². The molecule has 0 N–H and O–H groups in total. The average Bonchev–Trinajstić information content (AvgIpc) is 2.65. The lowest BCUT2D eigenvalue weighted by Gasteiger charge is -2.13. The predicted octanol–water partition coefficient (Wildman–Crippen LogP) is 4.63. The normalized spacial score (nSPS) is 14.4. The molecular weight excluding hydrogens is 240 g/mol. The SMILES string of the molecule is CC(C)C1=CC=c2ccc3cccc4ccc(c2c43)C1. The van der Waals surface area contributed by atoms with Gasteiger partial charge in [-0.1, -0.05) is 74.0 Å². The van der Waals surface area contributed by atoms with Crippen molar-refractivity contribution in [2.45, 2.75) is 20.3 Å². The molecule has 3 aromatic rings. The van der Waals surface area contributed by atoms with Crippen molar-refractivity contribution in [1.82, 2.24) is 0 Å². The maximum absolute atomic E-state index is 2.32. The van der Waals surface area contributed by atoms with Crippen molar-refractivity contribution in [2.75, 3.05) is 0 Å². The van der Waals surface area contributed by atoms with E-state index in [9.17, 15) is 0 Å². The number of hydrogen-bond donors (Lipinski definition) is 0. The van der Waals surface area contributed by atoms with E-state index in [0.29, 0.717) is 5.92 Å². The third-order valence-electron chi connectivity index (χ3n) is 4.51. The van der Waals surface area contributed by atoms with E-state index in [2.05, 4.69) is 68.5 Å². The second-order valence-electron chi connectivity index (χ2n) is 6.07. The first-order chi connectivity index (χ1) is 9.74. The number of hydrogen-bond acceptors (Lipinski definition) is 0. The molecule has 0 saturated heterocycles. The van der Waals surface area contributed by atoms with Gasteiger partial charge in [0.15, 0.2) is 0 Å². The van der Waals surface area contributed by atoms with Crippen molar-refractivity contribution in [3.8, 4) is 0 Å². The number of rotatable bonds is 1. The van der Waals surface area contributed by atoms with Crippen LogP contribution in [-0.2, 0) is 6.42 Å². The summed E-state index contributed by atoms with van der Waals surface area (Å²) in [7, 11) is 0. The molecule has 0 nitrogen and oxygen atoms in total. The highest BCUT2D eigenvalue weighted by molar-refractivity contribution is 6.11. The zero-order valence-electron chi connectivity index (χ0n) is 12.0. The van der Waals surface area contributed by atoms with Crippen molar-refractivity contribution in [2.24, 2.45) is 5.92 Å². The summed E-state index contributed by atoms with van der Waals surface area (Å²) < 4.78 is 0. The van der Waals surface area contributed by atoms with Gasteiger partial charge in [-0.2, -0.15) is 0 Å². The summed E-state index contributed by atoms with van der Waals surface area (Å²) in [5.41, 5.74) is 2.99. The van der Waals surface area contributed by atoms with Gasteiger partial charge in [0.1, 0.15) is 0 Å². The van der Waals surface area contributed by atoms with Gasteiger partial charge >= 0.3 is 0 Å². The van der Waals surface area contributed by atoms with E-state index in [1.54, 1.807) is 0 Å².